The van der Waals surface area contributed by atoms with Crippen LogP contribution in [0.4, 0.5) is 11.4 Å². The van der Waals surface area contributed by atoms with Crippen LogP contribution < -0.4 is 10.2 Å². The van der Waals surface area contributed by atoms with Gasteiger partial charge in [-0.05, 0) is 55.3 Å². The van der Waals surface area contributed by atoms with E-state index in [4.69, 9.17) is 0 Å². The summed E-state index contributed by atoms with van der Waals surface area (Å²) in [5.41, 5.74) is 3.05. The van der Waals surface area contributed by atoms with Gasteiger partial charge in [-0.15, -0.1) is 5.10 Å². The molecule has 0 spiro atoms. The zero-order valence-corrected chi connectivity index (χ0v) is 21.2. The molecule has 8 heteroatoms. The molecule has 8 nitrogen and oxygen atoms in total. The fraction of sp³-hybridized carbons (Fsp3) is 0.286. The molecule has 0 aliphatic carbocycles. The Balaban J connectivity index is 1.63. The molecule has 1 unspecified atom stereocenters. The van der Waals surface area contributed by atoms with Crippen LogP contribution >= 0.6 is 0 Å². The lowest BCUT2D eigenvalue weighted by atomic mass is 9.93. The topological polar surface area (TPSA) is 83.4 Å². The van der Waals surface area contributed by atoms with Gasteiger partial charge in [0, 0.05) is 32.0 Å². The van der Waals surface area contributed by atoms with Crippen molar-refractivity contribution < 1.29 is 9.59 Å². The van der Waals surface area contributed by atoms with Crippen molar-refractivity contribution in [3.05, 3.63) is 84.4 Å². The van der Waals surface area contributed by atoms with E-state index in [-0.39, 0.29) is 18.4 Å². The monoisotopic (exact) mass is 484 g/mol. The first-order chi connectivity index (χ1) is 17.3. The number of rotatable bonds is 9. The highest BCUT2D eigenvalue weighted by Gasteiger charge is 2.41. The van der Waals surface area contributed by atoms with Crippen molar-refractivity contribution in [2.45, 2.75) is 38.9 Å². The predicted molar refractivity (Wildman–Crippen MR) is 143 cm³/mol. The van der Waals surface area contributed by atoms with Crippen molar-refractivity contribution in [3.8, 4) is 0 Å². The summed E-state index contributed by atoms with van der Waals surface area (Å²) in [4.78, 5) is 31.1. The van der Waals surface area contributed by atoms with E-state index in [0.717, 1.165) is 22.3 Å². The molecule has 36 heavy (non-hydrogen) atoms. The molecule has 0 radical (unpaired) electrons. The van der Waals surface area contributed by atoms with Gasteiger partial charge in [-0.2, -0.15) is 0 Å². The van der Waals surface area contributed by atoms with Gasteiger partial charge in [-0.1, -0.05) is 54.6 Å². The Bertz CT molecular complexity index is 1330. The zero-order valence-electron chi connectivity index (χ0n) is 21.2. The summed E-state index contributed by atoms with van der Waals surface area (Å²) in [5.74, 6) is -0.452. The maximum atomic E-state index is 13.8. The second-order valence-corrected chi connectivity index (χ2v) is 9.22. The lowest BCUT2D eigenvalue weighted by molar-refractivity contribution is -0.146. The smallest absolute Gasteiger partial charge is 0.250 e. The Labute approximate surface area is 211 Å². The maximum Gasteiger partial charge on any atom is 0.250 e. The van der Waals surface area contributed by atoms with E-state index >= 15 is 0 Å². The van der Waals surface area contributed by atoms with Gasteiger partial charge in [0.15, 0.2) is 0 Å². The lowest BCUT2D eigenvalue weighted by Crippen LogP contribution is -2.57. The van der Waals surface area contributed by atoms with Gasteiger partial charge in [0.25, 0.3) is 0 Å². The molecule has 1 N–H and O–H groups in total. The molecule has 4 rings (SSSR count). The average Bonchev–Trinajstić information content (AvgIpc) is 3.30. The first-order valence-electron chi connectivity index (χ1n) is 12.0. The van der Waals surface area contributed by atoms with Crippen molar-refractivity contribution >= 4 is 34.2 Å². The fourth-order valence-electron chi connectivity index (χ4n) is 4.13. The van der Waals surface area contributed by atoms with Crippen LogP contribution in [0.25, 0.3) is 11.0 Å². The minimum atomic E-state index is -1.09. The molecule has 186 valence electrons. The molecule has 1 heterocycles. The number of benzene rings is 3. The van der Waals surface area contributed by atoms with Crippen molar-refractivity contribution in [3.63, 3.8) is 0 Å². The quantitative estimate of drug-likeness (QED) is 0.382. The summed E-state index contributed by atoms with van der Waals surface area (Å²) in [7, 11) is 3.93. The van der Waals surface area contributed by atoms with Gasteiger partial charge in [0.2, 0.25) is 11.8 Å². The molecule has 2 amide bonds. The molecule has 0 saturated heterocycles. The molecule has 0 aliphatic heterocycles. The Morgan fingerprint density at radius 3 is 2.28 bits per heavy atom. The van der Waals surface area contributed by atoms with Crippen molar-refractivity contribution in [2.24, 2.45) is 0 Å². The minimum Gasteiger partial charge on any atom is -0.378 e. The number of anilines is 2. The molecular formula is C28H32N6O2. The van der Waals surface area contributed by atoms with Gasteiger partial charge in [0.1, 0.15) is 17.6 Å². The first kappa shape index (κ1) is 24.9. The molecule has 1 atom stereocenters. The number of aromatic nitrogens is 3. The van der Waals surface area contributed by atoms with Crippen LogP contribution in [0.5, 0.6) is 0 Å². The molecule has 1 aromatic heterocycles. The number of fused-ring (bicyclic) bond motifs is 1. The molecule has 0 aliphatic rings. The normalized spacial score (nSPS) is 12.7. The van der Waals surface area contributed by atoms with Crippen molar-refractivity contribution in [2.75, 3.05) is 24.3 Å². The molecule has 4 aromatic rings. The van der Waals surface area contributed by atoms with Crippen LogP contribution in [0.2, 0.25) is 0 Å². The van der Waals surface area contributed by atoms with Crippen molar-refractivity contribution in [1.82, 2.24) is 19.9 Å². The molecule has 3 aromatic carbocycles. The number of carbonyl (C=O) groups excluding carboxylic acids is 2. The SMILES string of the molecule is CCC(C)(C(=O)Nc1ccc(N(C)C)cc1)N(Cc1ccccc1)C(=O)Cn1nnc2ccccc21. The number of nitrogens with one attached hydrogen (secondary N) is 1. The van der Waals surface area contributed by atoms with Gasteiger partial charge in [-0.25, -0.2) is 4.68 Å². The number of hydrogen-bond acceptors (Lipinski definition) is 5. The van der Waals surface area contributed by atoms with Gasteiger partial charge in [0.05, 0.1) is 5.52 Å². The van der Waals surface area contributed by atoms with Gasteiger partial charge < -0.3 is 15.1 Å². The van der Waals surface area contributed by atoms with Crippen LogP contribution in [0.15, 0.2) is 78.9 Å². The number of para-hydroxylation sites is 1. The third-order valence-corrected chi connectivity index (χ3v) is 6.60. The van der Waals surface area contributed by atoms with Crippen LogP contribution in [-0.2, 0) is 22.7 Å². The van der Waals surface area contributed by atoms with Gasteiger partial charge >= 0.3 is 0 Å². The zero-order chi connectivity index (χ0) is 25.7. The predicted octanol–water partition coefficient (Wildman–Crippen LogP) is 4.33. The van der Waals surface area contributed by atoms with Crippen LogP contribution in [0, 0.1) is 0 Å². The van der Waals surface area contributed by atoms with E-state index in [1.54, 1.807) is 9.58 Å². The Morgan fingerprint density at radius 2 is 1.61 bits per heavy atom. The number of nitrogens with zero attached hydrogens (tertiary/aromatic N) is 5. The van der Waals surface area contributed by atoms with E-state index in [2.05, 4.69) is 15.6 Å². The number of hydrogen-bond donors (Lipinski definition) is 1. The summed E-state index contributed by atoms with van der Waals surface area (Å²) in [6.45, 7) is 4.01. The summed E-state index contributed by atoms with van der Waals surface area (Å²) in [5, 5.41) is 11.4. The lowest BCUT2D eigenvalue weighted by Gasteiger charge is -2.39. The minimum absolute atomic E-state index is 0.0201. The first-order valence-corrected chi connectivity index (χ1v) is 12.0. The molecule has 0 bridgehead atoms. The van der Waals surface area contributed by atoms with E-state index in [1.807, 2.05) is 112 Å². The summed E-state index contributed by atoms with van der Waals surface area (Å²) in [6, 6.07) is 24.8. The second kappa shape index (κ2) is 10.6. The Kier molecular flexibility index (Phi) is 7.33. The third kappa shape index (κ3) is 5.22. The van der Waals surface area contributed by atoms with Crippen LogP contribution in [-0.4, -0.2) is 51.3 Å². The average molecular weight is 485 g/mol. The second-order valence-electron chi connectivity index (χ2n) is 9.22. The van der Waals surface area contributed by atoms with E-state index < -0.39 is 5.54 Å². The van der Waals surface area contributed by atoms with Crippen molar-refractivity contribution in [1.29, 1.82) is 0 Å². The largest absolute Gasteiger partial charge is 0.378 e. The Morgan fingerprint density at radius 1 is 0.944 bits per heavy atom. The highest BCUT2D eigenvalue weighted by Crippen LogP contribution is 2.26. The Hall–Kier alpha value is -4.20. The molecular weight excluding hydrogens is 452 g/mol. The highest BCUT2D eigenvalue weighted by atomic mass is 16.2. The third-order valence-electron chi connectivity index (χ3n) is 6.60. The summed E-state index contributed by atoms with van der Waals surface area (Å²) in [6.07, 6.45) is 0.436. The van der Waals surface area contributed by atoms with E-state index in [9.17, 15) is 9.59 Å². The summed E-state index contributed by atoms with van der Waals surface area (Å²) < 4.78 is 1.59. The van der Waals surface area contributed by atoms with E-state index in [0.29, 0.717) is 18.7 Å². The maximum absolute atomic E-state index is 13.8. The highest BCUT2D eigenvalue weighted by molar-refractivity contribution is 6.00. The number of carbonyl (C=O) groups is 2. The van der Waals surface area contributed by atoms with Crippen LogP contribution in [0.3, 0.4) is 0 Å². The molecule has 0 fully saturated rings. The van der Waals surface area contributed by atoms with Crippen LogP contribution in [0.1, 0.15) is 25.8 Å². The standard InChI is InChI=1S/C28H32N6O2/c1-5-28(2,27(36)29-22-15-17-23(18-16-22)32(3)4)33(19-21-11-7-6-8-12-21)26(35)20-34-25-14-10-9-13-24(25)30-31-34/h6-18H,5,19-20H2,1-4H3,(H,29,36). The van der Waals surface area contributed by atoms with E-state index in [1.165, 1.54) is 0 Å². The number of amides is 2. The fourth-order valence-corrected chi connectivity index (χ4v) is 4.13. The molecule has 0 saturated carbocycles. The summed E-state index contributed by atoms with van der Waals surface area (Å²) >= 11 is 0. The van der Waals surface area contributed by atoms with Gasteiger partial charge in [-0.3, -0.25) is 9.59 Å².